The lowest BCUT2D eigenvalue weighted by atomic mass is 9.87. The van der Waals surface area contributed by atoms with Gasteiger partial charge in [0.1, 0.15) is 55.4 Å². The Labute approximate surface area is 378 Å². The number of benzene rings is 3. The van der Waals surface area contributed by atoms with E-state index in [-0.39, 0.29) is 69.0 Å². The van der Waals surface area contributed by atoms with Crippen LogP contribution in [0.15, 0.2) is 60.7 Å². The van der Waals surface area contributed by atoms with Gasteiger partial charge in [-0.3, -0.25) is 24.0 Å². The number of aromatic nitrogens is 3. The number of amides is 5. The van der Waals surface area contributed by atoms with Crippen molar-refractivity contribution in [2.24, 2.45) is 17.2 Å². The van der Waals surface area contributed by atoms with Crippen molar-refractivity contribution < 1.29 is 33.4 Å². The summed E-state index contributed by atoms with van der Waals surface area (Å²) >= 11 is 0. The van der Waals surface area contributed by atoms with Crippen molar-refractivity contribution in [2.75, 3.05) is 46.4 Å². The van der Waals surface area contributed by atoms with Crippen LogP contribution >= 0.6 is 0 Å². The fourth-order valence-corrected chi connectivity index (χ4v) is 7.21. The molecule has 0 saturated heterocycles. The lowest BCUT2D eigenvalue weighted by molar-refractivity contribution is -0.141. The molecule has 1 aromatic heterocycles. The number of ether oxygens (including phenoxy) is 2. The Hall–Kier alpha value is -7.01. The van der Waals surface area contributed by atoms with Crippen LogP contribution in [0.4, 0.5) is 0 Å². The van der Waals surface area contributed by atoms with E-state index in [2.05, 4.69) is 57.2 Å². The largest absolute Gasteiger partial charge is 0.492 e. The van der Waals surface area contributed by atoms with Crippen LogP contribution < -0.4 is 47.9 Å². The highest BCUT2D eigenvalue weighted by molar-refractivity contribution is 5.99. The normalized spacial score (nSPS) is 16.7. The van der Waals surface area contributed by atoms with Crippen molar-refractivity contribution in [3.8, 4) is 40.1 Å². The molecule has 1 unspecified atom stereocenters. The smallest absolute Gasteiger partial charge is 0.274 e. The standard InChI is InChI=1S/C46H58N12O7/c1-26-38(56-57-40(52-26)29-8-11-31(12-9-29)46(3,4)5)43(61)54-34(15-16-47)45(63)58(6)39-30-10-14-37(65-22-19-50)33(25-30)32-23-28(7-13-36(32)64-21-18-49)24-35(42(60)51-20-17-48)55-41(59)27(2)53-44(39)62/h7-14,23,25,27,34-35,39H,15-16,18-22,24,47,49-50H2,1-6H3,(H,51,60)(H,53,62)(H,54,61)(H,55,59)/t27-,34?,35-,39-/m0/s1. The summed E-state index contributed by atoms with van der Waals surface area (Å²) in [7, 11) is 1.40. The van der Waals surface area contributed by atoms with Gasteiger partial charge in [0.05, 0.1) is 11.8 Å². The first-order valence-corrected chi connectivity index (χ1v) is 21.3. The van der Waals surface area contributed by atoms with Crippen molar-refractivity contribution in [2.45, 2.75) is 77.0 Å². The molecular formula is C46H58N12O7. The quantitative estimate of drug-likeness (QED) is 0.0829. The molecule has 65 heavy (non-hydrogen) atoms. The molecule has 4 atom stereocenters. The van der Waals surface area contributed by atoms with Crippen LogP contribution in [-0.4, -0.2) is 114 Å². The van der Waals surface area contributed by atoms with Gasteiger partial charge in [-0.05, 0) is 73.2 Å². The Bertz CT molecular complexity index is 2410. The van der Waals surface area contributed by atoms with E-state index in [9.17, 15) is 24.0 Å². The van der Waals surface area contributed by atoms with Gasteiger partial charge in [-0.15, -0.1) is 10.2 Å². The minimum atomic E-state index is -1.42. The van der Waals surface area contributed by atoms with Gasteiger partial charge < -0.3 is 52.8 Å². The van der Waals surface area contributed by atoms with Gasteiger partial charge in [-0.25, -0.2) is 4.98 Å². The maximum Gasteiger partial charge on any atom is 0.274 e. The second-order valence-electron chi connectivity index (χ2n) is 16.6. The van der Waals surface area contributed by atoms with Crippen LogP contribution in [0, 0.1) is 18.3 Å². The summed E-state index contributed by atoms with van der Waals surface area (Å²) in [4.78, 5) is 75.7. The number of carbonyl (C=O) groups excluding carboxylic acids is 5. The third-order valence-electron chi connectivity index (χ3n) is 10.7. The molecule has 2 heterocycles. The van der Waals surface area contributed by atoms with Crippen molar-refractivity contribution in [3.05, 3.63) is 88.7 Å². The molecule has 0 radical (unpaired) electrons. The highest BCUT2D eigenvalue weighted by Crippen LogP contribution is 2.40. The molecule has 19 heteroatoms. The number of nitrogens with zero attached hydrogens (tertiary/aromatic N) is 5. The number of hydrogen-bond acceptors (Lipinski definition) is 14. The van der Waals surface area contributed by atoms with E-state index in [1.165, 1.54) is 14.0 Å². The first kappa shape index (κ1) is 49.0. The molecule has 10 N–H and O–H groups in total. The number of nitrogens with two attached hydrogens (primary N) is 3. The van der Waals surface area contributed by atoms with Crippen LogP contribution in [0.2, 0.25) is 0 Å². The molecule has 344 valence electrons. The number of rotatable bonds is 15. The van der Waals surface area contributed by atoms with E-state index >= 15 is 0 Å². The van der Waals surface area contributed by atoms with Gasteiger partial charge in [0.15, 0.2) is 11.5 Å². The van der Waals surface area contributed by atoms with Crippen LogP contribution in [0.5, 0.6) is 11.5 Å². The third kappa shape index (κ3) is 12.2. The minimum absolute atomic E-state index is 0.00258. The van der Waals surface area contributed by atoms with E-state index in [0.717, 1.165) is 10.5 Å². The average Bonchev–Trinajstić information content (AvgIpc) is 3.28. The molecule has 19 nitrogen and oxygen atoms in total. The SMILES string of the molecule is Cc1nc(-c2ccc(C(C)(C)C)cc2)nnc1C(=O)NC(CCN)C(=O)N(C)[C@@H]1C(=O)N[C@@H](C)C(=O)N[C@H](C(=O)NCC#N)Cc2ccc(OCCN)c(c2)-c2cc1ccc2OCCN. The Morgan fingerprint density at radius 3 is 2.15 bits per heavy atom. The number of hydrogen-bond donors (Lipinski definition) is 7. The number of likely N-dealkylation sites (N-methyl/N-ethyl adjacent to an activating group) is 1. The Balaban J connectivity index is 1.55. The molecule has 1 aliphatic rings. The zero-order chi connectivity index (χ0) is 47.4. The number of nitriles is 1. The van der Waals surface area contributed by atoms with Gasteiger partial charge in [0, 0.05) is 43.2 Å². The Morgan fingerprint density at radius 2 is 1.55 bits per heavy atom. The average molecular weight is 891 g/mol. The molecule has 0 fully saturated rings. The van der Waals surface area contributed by atoms with Gasteiger partial charge in [-0.2, -0.15) is 5.26 Å². The van der Waals surface area contributed by atoms with Crippen LogP contribution in [0.3, 0.4) is 0 Å². The zero-order valence-electron chi connectivity index (χ0n) is 37.6. The van der Waals surface area contributed by atoms with E-state index in [0.29, 0.717) is 45.1 Å². The summed E-state index contributed by atoms with van der Waals surface area (Å²) in [6, 6.07) is 14.7. The summed E-state index contributed by atoms with van der Waals surface area (Å²) in [6.45, 7) is 9.70. The molecule has 0 saturated carbocycles. The van der Waals surface area contributed by atoms with Crippen LogP contribution in [0.25, 0.3) is 22.5 Å². The fraction of sp³-hybridized carbons (Fsp3) is 0.413. The Morgan fingerprint density at radius 1 is 0.908 bits per heavy atom. The zero-order valence-corrected chi connectivity index (χ0v) is 37.6. The number of nitrogens with one attached hydrogen (secondary N) is 4. The molecule has 0 aliphatic carbocycles. The number of aryl methyl sites for hydroxylation is 1. The predicted molar refractivity (Wildman–Crippen MR) is 242 cm³/mol. The monoisotopic (exact) mass is 890 g/mol. The summed E-state index contributed by atoms with van der Waals surface area (Å²) < 4.78 is 12.2. The van der Waals surface area contributed by atoms with Gasteiger partial charge >= 0.3 is 0 Å². The van der Waals surface area contributed by atoms with Crippen molar-refractivity contribution in [1.82, 2.24) is 41.3 Å². The summed E-state index contributed by atoms with van der Waals surface area (Å²) in [6.07, 6.45) is -0.0292. The number of fused-ring (bicyclic) bond motifs is 5. The molecule has 4 bridgehead atoms. The van der Waals surface area contributed by atoms with Gasteiger partial charge in [0.2, 0.25) is 23.6 Å². The lowest BCUT2D eigenvalue weighted by Crippen LogP contribution is -2.56. The van der Waals surface area contributed by atoms with Crippen LogP contribution in [0.1, 0.15) is 73.0 Å². The third-order valence-corrected chi connectivity index (χ3v) is 10.7. The molecule has 5 rings (SSSR count). The topological polar surface area (TPSA) is 296 Å². The van der Waals surface area contributed by atoms with E-state index in [1.807, 2.05) is 30.3 Å². The predicted octanol–water partition coefficient (Wildman–Crippen LogP) is 1.32. The van der Waals surface area contributed by atoms with E-state index in [4.69, 9.17) is 31.9 Å². The first-order valence-electron chi connectivity index (χ1n) is 21.3. The van der Waals surface area contributed by atoms with Crippen molar-refractivity contribution in [1.29, 1.82) is 5.26 Å². The molecule has 0 spiro atoms. The number of carbonyl (C=O) groups is 5. The van der Waals surface area contributed by atoms with Gasteiger partial charge in [-0.1, -0.05) is 57.2 Å². The first-order chi connectivity index (χ1) is 31.0. The van der Waals surface area contributed by atoms with E-state index < -0.39 is 53.7 Å². The highest BCUT2D eigenvalue weighted by atomic mass is 16.5. The molecule has 4 aromatic rings. The lowest BCUT2D eigenvalue weighted by Gasteiger charge is -2.32. The molecular weight excluding hydrogens is 833 g/mol. The fourth-order valence-electron chi connectivity index (χ4n) is 7.21. The van der Waals surface area contributed by atoms with Crippen LogP contribution in [-0.2, 0) is 31.0 Å². The van der Waals surface area contributed by atoms with Gasteiger partial charge in [0.25, 0.3) is 5.91 Å². The summed E-state index contributed by atoms with van der Waals surface area (Å²) in [5.41, 5.74) is 21.4. The second-order valence-corrected chi connectivity index (χ2v) is 16.6. The van der Waals surface area contributed by atoms with Crippen molar-refractivity contribution >= 4 is 29.5 Å². The maximum atomic E-state index is 14.6. The summed E-state index contributed by atoms with van der Waals surface area (Å²) in [5, 5.41) is 28.2. The minimum Gasteiger partial charge on any atom is -0.492 e. The van der Waals surface area contributed by atoms with E-state index in [1.54, 1.807) is 43.3 Å². The highest BCUT2D eigenvalue weighted by Gasteiger charge is 2.36. The van der Waals surface area contributed by atoms with Crippen molar-refractivity contribution in [3.63, 3.8) is 0 Å². The molecule has 1 aliphatic heterocycles. The molecule has 5 amide bonds. The Kier molecular flexibility index (Phi) is 16.6. The maximum absolute atomic E-state index is 14.6. The summed E-state index contributed by atoms with van der Waals surface area (Å²) in [5.74, 6) is -2.45. The molecule has 3 aromatic carbocycles. The second kappa shape index (κ2) is 22.1.